The largest absolute Gasteiger partial charge is 0.350 e. The van der Waals surface area contributed by atoms with Crippen LogP contribution >= 0.6 is 0 Å². The van der Waals surface area contributed by atoms with Crippen molar-refractivity contribution in [2.45, 2.75) is 96.8 Å². The van der Waals surface area contributed by atoms with Gasteiger partial charge in [-0.1, -0.05) is 63.8 Å². The normalized spacial score (nSPS) is 18.4. The standard InChI is InChI=1S/C34H51N7O4/c1-5-29(42)37-30(34(45)40-21-19-39(4)20-22-40)24(3)26-15-13-25(14-16-26)23-35-33(44)31(27-11-9-7-8-10-12-27)38-32(43)28-17-18-36-41(28)6-2/h13-18,24,27,30-31H,5-12,19-23H2,1-4H3,(H,35,44)(H,37,42)(H,38,43)/t24?,30-,31?/m1/s1. The molecule has 0 radical (unpaired) electrons. The first-order valence-corrected chi connectivity index (χ1v) is 16.7. The van der Waals surface area contributed by atoms with Crippen molar-refractivity contribution in [3.8, 4) is 0 Å². The van der Waals surface area contributed by atoms with E-state index in [1.807, 2.05) is 50.1 Å². The average molecular weight is 622 g/mol. The van der Waals surface area contributed by atoms with Crippen LogP contribution in [0.4, 0.5) is 0 Å². The van der Waals surface area contributed by atoms with Crippen molar-refractivity contribution < 1.29 is 19.2 Å². The number of carbonyl (C=O) groups is 4. The highest BCUT2D eigenvalue weighted by molar-refractivity contribution is 5.96. The van der Waals surface area contributed by atoms with E-state index in [0.29, 0.717) is 38.3 Å². The number of likely N-dealkylation sites (N-methyl/N-ethyl adjacent to an activating group) is 1. The van der Waals surface area contributed by atoms with E-state index in [1.54, 1.807) is 23.9 Å². The molecule has 2 aromatic rings. The van der Waals surface area contributed by atoms with Gasteiger partial charge in [0.05, 0.1) is 0 Å². The van der Waals surface area contributed by atoms with Crippen LogP contribution in [0.3, 0.4) is 0 Å². The van der Waals surface area contributed by atoms with Crippen LogP contribution in [0, 0.1) is 5.92 Å². The summed E-state index contributed by atoms with van der Waals surface area (Å²) in [6.45, 7) is 9.47. The van der Waals surface area contributed by atoms with Gasteiger partial charge in [0.2, 0.25) is 17.7 Å². The van der Waals surface area contributed by atoms with Crippen LogP contribution in [0.2, 0.25) is 0 Å². The summed E-state index contributed by atoms with van der Waals surface area (Å²) in [5, 5.41) is 13.3. The minimum atomic E-state index is -0.653. The van der Waals surface area contributed by atoms with E-state index in [-0.39, 0.29) is 35.5 Å². The van der Waals surface area contributed by atoms with E-state index >= 15 is 0 Å². The second kappa shape index (κ2) is 16.5. The smallest absolute Gasteiger partial charge is 0.270 e. The molecule has 0 spiro atoms. The third kappa shape index (κ3) is 9.15. The fraction of sp³-hybridized carbons (Fsp3) is 0.618. The lowest BCUT2D eigenvalue weighted by Crippen LogP contribution is -2.55. The number of benzene rings is 1. The van der Waals surface area contributed by atoms with Crippen molar-refractivity contribution in [2.75, 3.05) is 33.2 Å². The van der Waals surface area contributed by atoms with Gasteiger partial charge in [0.15, 0.2) is 0 Å². The number of aromatic nitrogens is 2. The number of amides is 4. The molecule has 2 unspecified atom stereocenters. The van der Waals surface area contributed by atoms with Gasteiger partial charge in [0, 0.05) is 57.8 Å². The third-order valence-corrected chi connectivity index (χ3v) is 9.38. The molecule has 0 bridgehead atoms. The summed E-state index contributed by atoms with van der Waals surface area (Å²) in [4.78, 5) is 56.8. The highest BCUT2D eigenvalue weighted by Crippen LogP contribution is 2.27. The van der Waals surface area contributed by atoms with Crippen molar-refractivity contribution in [1.29, 1.82) is 0 Å². The zero-order chi connectivity index (χ0) is 32.3. The Kier molecular flexibility index (Phi) is 12.6. The molecule has 246 valence electrons. The van der Waals surface area contributed by atoms with Crippen LogP contribution < -0.4 is 16.0 Å². The van der Waals surface area contributed by atoms with E-state index in [2.05, 4.69) is 25.9 Å². The van der Waals surface area contributed by atoms with E-state index in [9.17, 15) is 19.2 Å². The summed E-state index contributed by atoms with van der Waals surface area (Å²) >= 11 is 0. The van der Waals surface area contributed by atoms with Gasteiger partial charge in [-0.15, -0.1) is 0 Å². The minimum absolute atomic E-state index is 0.0534. The summed E-state index contributed by atoms with van der Waals surface area (Å²) in [5.41, 5.74) is 2.30. The molecule has 4 rings (SSSR count). The average Bonchev–Trinajstić information content (AvgIpc) is 3.39. The third-order valence-electron chi connectivity index (χ3n) is 9.38. The predicted octanol–water partition coefficient (Wildman–Crippen LogP) is 3.06. The zero-order valence-electron chi connectivity index (χ0n) is 27.4. The Hall–Kier alpha value is -3.73. The van der Waals surface area contributed by atoms with Gasteiger partial charge < -0.3 is 25.8 Å². The van der Waals surface area contributed by atoms with Crippen LogP contribution in [0.25, 0.3) is 0 Å². The number of rotatable bonds is 12. The molecule has 1 aromatic heterocycles. The Balaban J connectivity index is 1.42. The molecule has 3 atom stereocenters. The van der Waals surface area contributed by atoms with Crippen molar-refractivity contribution in [3.05, 3.63) is 53.3 Å². The second-order valence-corrected chi connectivity index (χ2v) is 12.5. The first-order chi connectivity index (χ1) is 21.7. The maximum atomic E-state index is 13.6. The molecule has 1 saturated carbocycles. The minimum Gasteiger partial charge on any atom is -0.350 e. The number of aryl methyl sites for hydroxylation is 1. The number of piperazine rings is 1. The number of carbonyl (C=O) groups excluding carboxylic acids is 4. The molecule has 1 aliphatic heterocycles. The summed E-state index contributed by atoms with van der Waals surface area (Å²) < 4.78 is 1.64. The summed E-state index contributed by atoms with van der Waals surface area (Å²) in [6.07, 6.45) is 8.11. The highest BCUT2D eigenvalue weighted by atomic mass is 16.2. The van der Waals surface area contributed by atoms with Gasteiger partial charge in [0.1, 0.15) is 17.8 Å². The molecule has 1 aromatic carbocycles. The second-order valence-electron chi connectivity index (χ2n) is 12.5. The molecule has 1 aliphatic carbocycles. The fourth-order valence-electron chi connectivity index (χ4n) is 6.36. The van der Waals surface area contributed by atoms with Crippen molar-refractivity contribution in [3.63, 3.8) is 0 Å². The lowest BCUT2D eigenvalue weighted by molar-refractivity contribution is -0.138. The maximum absolute atomic E-state index is 13.6. The number of nitrogens with one attached hydrogen (secondary N) is 3. The molecular formula is C34H51N7O4. The molecular weight excluding hydrogens is 570 g/mol. The number of nitrogens with zero attached hydrogens (tertiary/aromatic N) is 4. The lowest BCUT2D eigenvalue weighted by Gasteiger charge is -2.36. The first kappa shape index (κ1) is 34.1. The summed E-state index contributed by atoms with van der Waals surface area (Å²) in [6, 6.07) is 8.23. The first-order valence-electron chi connectivity index (χ1n) is 16.7. The molecule has 45 heavy (non-hydrogen) atoms. The molecule has 2 aliphatic rings. The topological polar surface area (TPSA) is 129 Å². The molecule has 2 fully saturated rings. The van der Waals surface area contributed by atoms with Crippen LogP contribution in [0.15, 0.2) is 36.5 Å². The fourth-order valence-corrected chi connectivity index (χ4v) is 6.36. The van der Waals surface area contributed by atoms with E-state index in [1.165, 1.54) is 0 Å². The lowest BCUT2D eigenvalue weighted by atomic mass is 9.90. The Bertz CT molecular complexity index is 1280. The van der Waals surface area contributed by atoms with Gasteiger partial charge in [-0.2, -0.15) is 5.10 Å². The number of hydrogen-bond acceptors (Lipinski definition) is 6. The Morgan fingerprint density at radius 3 is 2.20 bits per heavy atom. The molecule has 11 nitrogen and oxygen atoms in total. The van der Waals surface area contributed by atoms with E-state index < -0.39 is 12.1 Å². The van der Waals surface area contributed by atoms with Crippen LogP contribution in [0.5, 0.6) is 0 Å². The molecule has 1 saturated heterocycles. The molecule has 2 heterocycles. The van der Waals surface area contributed by atoms with Crippen LogP contribution in [-0.2, 0) is 27.5 Å². The van der Waals surface area contributed by atoms with Gasteiger partial charge in [-0.05, 0) is 49.9 Å². The number of hydrogen-bond donors (Lipinski definition) is 3. The van der Waals surface area contributed by atoms with E-state index in [0.717, 1.165) is 62.7 Å². The van der Waals surface area contributed by atoms with Crippen LogP contribution in [0.1, 0.15) is 93.3 Å². The van der Waals surface area contributed by atoms with Gasteiger partial charge in [-0.3, -0.25) is 23.9 Å². The summed E-state index contributed by atoms with van der Waals surface area (Å²) in [5.74, 6) is -0.831. The monoisotopic (exact) mass is 621 g/mol. The quantitative estimate of drug-likeness (QED) is 0.313. The molecule has 11 heteroatoms. The van der Waals surface area contributed by atoms with Gasteiger partial charge in [0.25, 0.3) is 5.91 Å². The zero-order valence-corrected chi connectivity index (χ0v) is 27.4. The van der Waals surface area contributed by atoms with Gasteiger partial charge >= 0.3 is 0 Å². The molecule has 4 amide bonds. The van der Waals surface area contributed by atoms with Crippen molar-refractivity contribution in [2.24, 2.45) is 5.92 Å². The SMILES string of the molecule is CCC(=O)N[C@@H](C(=O)N1CCN(C)CC1)C(C)c1ccc(CNC(=O)C(NC(=O)c2ccnn2CC)C2CCCCCC2)cc1. The molecule has 3 N–H and O–H groups in total. The van der Waals surface area contributed by atoms with Crippen molar-refractivity contribution >= 4 is 23.6 Å². The highest BCUT2D eigenvalue weighted by Gasteiger charge is 2.33. The Morgan fingerprint density at radius 1 is 0.911 bits per heavy atom. The Morgan fingerprint density at radius 2 is 1.58 bits per heavy atom. The predicted molar refractivity (Wildman–Crippen MR) is 173 cm³/mol. The Labute approximate surface area is 267 Å². The van der Waals surface area contributed by atoms with Crippen molar-refractivity contribution in [1.82, 2.24) is 35.5 Å². The van der Waals surface area contributed by atoms with Crippen LogP contribution in [-0.4, -0.2) is 88.5 Å². The van der Waals surface area contributed by atoms with Gasteiger partial charge in [-0.25, -0.2) is 0 Å². The maximum Gasteiger partial charge on any atom is 0.270 e. The summed E-state index contributed by atoms with van der Waals surface area (Å²) in [7, 11) is 2.04. The van der Waals surface area contributed by atoms with E-state index in [4.69, 9.17) is 0 Å².